The molecule has 0 fully saturated rings. The predicted octanol–water partition coefficient (Wildman–Crippen LogP) is 2.90. The standard InChI is InChI=1S/C13H21NO/c1-6-13(4,14)11-7-9(2)10(3)8-12(11)15-5/h7-8H,6,14H2,1-5H3. The van der Waals surface area contributed by atoms with E-state index in [0.717, 1.165) is 17.7 Å². The van der Waals surface area contributed by atoms with E-state index in [9.17, 15) is 0 Å². The molecule has 0 saturated carbocycles. The Hall–Kier alpha value is -1.02. The summed E-state index contributed by atoms with van der Waals surface area (Å²) in [5.41, 5.74) is 9.53. The average molecular weight is 207 g/mol. The summed E-state index contributed by atoms with van der Waals surface area (Å²) in [5, 5.41) is 0. The van der Waals surface area contributed by atoms with Gasteiger partial charge in [0.05, 0.1) is 7.11 Å². The second kappa shape index (κ2) is 4.23. The third kappa shape index (κ3) is 2.32. The highest BCUT2D eigenvalue weighted by Crippen LogP contribution is 2.32. The van der Waals surface area contributed by atoms with E-state index in [2.05, 4.69) is 32.9 Å². The summed E-state index contributed by atoms with van der Waals surface area (Å²) in [4.78, 5) is 0. The van der Waals surface area contributed by atoms with Crippen LogP contribution >= 0.6 is 0 Å². The Morgan fingerprint density at radius 3 is 2.27 bits per heavy atom. The van der Waals surface area contributed by atoms with Crippen molar-refractivity contribution in [2.75, 3.05) is 7.11 Å². The summed E-state index contributed by atoms with van der Waals surface area (Å²) in [6.45, 7) is 8.32. The van der Waals surface area contributed by atoms with Gasteiger partial charge in [-0.15, -0.1) is 0 Å². The van der Waals surface area contributed by atoms with Gasteiger partial charge in [0, 0.05) is 11.1 Å². The lowest BCUT2D eigenvalue weighted by Crippen LogP contribution is -2.32. The molecule has 1 unspecified atom stereocenters. The Kier molecular flexibility index (Phi) is 3.40. The minimum absolute atomic E-state index is 0.316. The zero-order chi connectivity index (χ0) is 11.6. The van der Waals surface area contributed by atoms with Crippen LogP contribution in [0.3, 0.4) is 0 Å². The maximum absolute atomic E-state index is 6.25. The lowest BCUT2D eigenvalue weighted by molar-refractivity contribution is 0.383. The van der Waals surface area contributed by atoms with Gasteiger partial charge < -0.3 is 10.5 Å². The molecule has 0 radical (unpaired) electrons. The van der Waals surface area contributed by atoms with Crippen LogP contribution in [0.2, 0.25) is 0 Å². The highest BCUT2D eigenvalue weighted by atomic mass is 16.5. The van der Waals surface area contributed by atoms with E-state index >= 15 is 0 Å². The third-order valence-electron chi connectivity index (χ3n) is 3.17. The van der Waals surface area contributed by atoms with Crippen LogP contribution < -0.4 is 10.5 Å². The van der Waals surface area contributed by atoms with Crippen molar-refractivity contribution >= 4 is 0 Å². The van der Waals surface area contributed by atoms with E-state index in [1.54, 1.807) is 7.11 Å². The number of methoxy groups -OCH3 is 1. The van der Waals surface area contributed by atoms with Gasteiger partial charge in [0.1, 0.15) is 5.75 Å². The summed E-state index contributed by atoms with van der Waals surface area (Å²) < 4.78 is 5.39. The summed E-state index contributed by atoms with van der Waals surface area (Å²) in [5.74, 6) is 0.893. The topological polar surface area (TPSA) is 35.2 Å². The fourth-order valence-corrected chi connectivity index (χ4v) is 1.60. The number of hydrogen-bond donors (Lipinski definition) is 1. The lowest BCUT2D eigenvalue weighted by atomic mass is 9.87. The van der Waals surface area contributed by atoms with E-state index in [4.69, 9.17) is 10.5 Å². The molecule has 2 heteroatoms. The van der Waals surface area contributed by atoms with Gasteiger partial charge in [0.15, 0.2) is 0 Å². The fraction of sp³-hybridized carbons (Fsp3) is 0.538. The molecule has 0 amide bonds. The molecule has 84 valence electrons. The van der Waals surface area contributed by atoms with Gasteiger partial charge in [-0.3, -0.25) is 0 Å². The number of rotatable bonds is 3. The van der Waals surface area contributed by atoms with Crippen LogP contribution in [-0.2, 0) is 5.54 Å². The smallest absolute Gasteiger partial charge is 0.124 e. The molecular weight excluding hydrogens is 186 g/mol. The summed E-state index contributed by atoms with van der Waals surface area (Å²) >= 11 is 0. The molecule has 1 aromatic rings. The quantitative estimate of drug-likeness (QED) is 0.827. The van der Waals surface area contributed by atoms with Crippen molar-refractivity contribution in [2.45, 2.75) is 39.7 Å². The van der Waals surface area contributed by atoms with Crippen molar-refractivity contribution < 1.29 is 4.74 Å². The monoisotopic (exact) mass is 207 g/mol. The molecule has 1 atom stereocenters. The zero-order valence-electron chi connectivity index (χ0n) is 10.3. The Morgan fingerprint density at radius 1 is 1.27 bits per heavy atom. The van der Waals surface area contributed by atoms with Crippen LogP contribution in [0.5, 0.6) is 5.75 Å². The predicted molar refractivity (Wildman–Crippen MR) is 64.3 cm³/mol. The maximum Gasteiger partial charge on any atom is 0.124 e. The SMILES string of the molecule is CCC(C)(N)c1cc(C)c(C)cc1OC. The molecule has 2 nitrogen and oxygen atoms in total. The normalized spacial score (nSPS) is 14.8. The second-order valence-electron chi connectivity index (χ2n) is 4.41. The van der Waals surface area contributed by atoms with Crippen LogP contribution in [0.1, 0.15) is 37.0 Å². The maximum atomic E-state index is 6.25. The van der Waals surface area contributed by atoms with E-state index < -0.39 is 0 Å². The van der Waals surface area contributed by atoms with Gasteiger partial charge >= 0.3 is 0 Å². The van der Waals surface area contributed by atoms with Crippen molar-refractivity contribution in [1.29, 1.82) is 0 Å². The molecule has 0 aromatic heterocycles. The first-order chi connectivity index (χ1) is 6.92. The molecule has 1 aromatic carbocycles. The fourth-order valence-electron chi connectivity index (χ4n) is 1.60. The van der Waals surface area contributed by atoms with E-state index in [1.165, 1.54) is 11.1 Å². The molecule has 0 heterocycles. The van der Waals surface area contributed by atoms with Crippen molar-refractivity contribution in [2.24, 2.45) is 5.73 Å². The number of hydrogen-bond acceptors (Lipinski definition) is 2. The van der Waals surface area contributed by atoms with E-state index in [-0.39, 0.29) is 5.54 Å². The number of nitrogens with two attached hydrogens (primary N) is 1. The summed E-state index contributed by atoms with van der Waals surface area (Å²) in [7, 11) is 1.69. The second-order valence-corrected chi connectivity index (χ2v) is 4.41. The van der Waals surface area contributed by atoms with Crippen LogP contribution in [0.15, 0.2) is 12.1 Å². The van der Waals surface area contributed by atoms with E-state index in [0.29, 0.717) is 0 Å². The first-order valence-electron chi connectivity index (χ1n) is 5.37. The van der Waals surface area contributed by atoms with Gasteiger partial charge in [-0.25, -0.2) is 0 Å². The largest absolute Gasteiger partial charge is 0.496 e. The van der Waals surface area contributed by atoms with Crippen molar-refractivity contribution in [3.63, 3.8) is 0 Å². The van der Waals surface area contributed by atoms with Crippen LogP contribution in [0.25, 0.3) is 0 Å². The minimum atomic E-state index is -0.316. The number of ether oxygens (including phenoxy) is 1. The van der Waals surface area contributed by atoms with Gasteiger partial charge in [0.2, 0.25) is 0 Å². The molecule has 0 bridgehead atoms. The van der Waals surface area contributed by atoms with Crippen molar-refractivity contribution in [3.8, 4) is 5.75 Å². The molecule has 0 saturated heterocycles. The number of benzene rings is 1. The molecular formula is C13H21NO. The third-order valence-corrected chi connectivity index (χ3v) is 3.17. The Bertz CT molecular complexity index is 356. The molecule has 2 N–H and O–H groups in total. The lowest BCUT2D eigenvalue weighted by Gasteiger charge is -2.26. The van der Waals surface area contributed by atoms with Gasteiger partial charge in [-0.1, -0.05) is 13.0 Å². The molecule has 1 rings (SSSR count). The van der Waals surface area contributed by atoms with Gasteiger partial charge in [-0.2, -0.15) is 0 Å². The Labute approximate surface area is 92.4 Å². The first-order valence-corrected chi connectivity index (χ1v) is 5.37. The minimum Gasteiger partial charge on any atom is -0.496 e. The highest BCUT2D eigenvalue weighted by molar-refractivity contribution is 5.45. The highest BCUT2D eigenvalue weighted by Gasteiger charge is 2.23. The first kappa shape index (κ1) is 12.1. The van der Waals surface area contributed by atoms with Gasteiger partial charge in [-0.05, 0) is 44.4 Å². The average Bonchev–Trinajstić information content (AvgIpc) is 2.21. The Balaban J connectivity index is 3.34. The van der Waals surface area contributed by atoms with Crippen LogP contribution in [-0.4, -0.2) is 7.11 Å². The Morgan fingerprint density at radius 2 is 1.80 bits per heavy atom. The van der Waals surface area contributed by atoms with E-state index in [1.807, 2.05) is 6.92 Å². The molecule has 15 heavy (non-hydrogen) atoms. The van der Waals surface area contributed by atoms with Crippen LogP contribution in [0, 0.1) is 13.8 Å². The molecule has 0 aliphatic rings. The van der Waals surface area contributed by atoms with Crippen molar-refractivity contribution in [3.05, 3.63) is 28.8 Å². The molecule has 0 aliphatic carbocycles. The zero-order valence-corrected chi connectivity index (χ0v) is 10.3. The molecule has 0 spiro atoms. The van der Waals surface area contributed by atoms with Gasteiger partial charge in [0.25, 0.3) is 0 Å². The molecule has 0 aliphatic heterocycles. The summed E-state index contributed by atoms with van der Waals surface area (Å²) in [6.07, 6.45) is 0.895. The van der Waals surface area contributed by atoms with Crippen LogP contribution in [0.4, 0.5) is 0 Å². The van der Waals surface area contributed by atoms with Crippen molar-refractivity contribution in [1.82, 2.24) is 0 Å². The summed E-state index contributed by atoms with van der Waals surface area (Å²) in [6, 6.07) is 4.20. The number of aryl methyl sites for hydroxylation is 2.